The van der Waals surface area contributed by atoms with Crippen LogP contribution < -0.4 is 14.8 Å². The quantitative estimate of drug-likeness (QED) is 0.511. The van der Waals surface area contributed by atoms with E-state index in [1.807, 2.05) is 19.1 Å². The van der Waals surface area contributed by atoms with Crippen LogP contribution in [0.15, 0.2) is 47.4 Å². The van der Waals surface area contributed by atoms with Gasteiger partial charge in [0.1, 0.15) is 10.6 Å². The lowest BCUT2D eigenvalue weighted by molar-refractivity contribution is 0.102. The van der Waals surface area contributed by atoms with Crippen molar-refractivity contribution < 1.29 is 17.9 Å². The first-order valence-corrected chi connectivity index (χ1v) is 12.0. The second-order valence-electron chi connectivity index (χ2n) is 7.03. The molecule has 164 valence electrons. The Morgan fingerprint density at radius 2 is 1.84 bits per heavy atom. The molecule has 0 saturated heterocycles. The number of carbonyl (C=O) groups is 1. The number of methoxy groups -OCH3 is 1. The normalized spacial score (nSPS) is 11.5. The van der Waals surface area contributed by atoms with Gasteiger partial charge in [-0.2, -0.15) is 0 Å². The number of anilines is 1. The highest BCUT2D eigenvalue weighted by molar-refractivity contribution is 7.89. The van der Waals surface area contributed by atoms with E-state index in [0.29, 0.717) is 10.2 Å². The molecule has 0 aliphatic heterocycles. The molecule has 2 aromatic carbocycles. The topological polar surface area (TPSA) is 97.4 Å². The SMILES string of the molecule is COc1ccc(C(=O)Nc2nc(-c3ccc(Cl)cc3)c(C)s2)cc1S(=O)(=O)NC(C)C. The number of aryl methyl sites for hydroxylation is 1. The molecule has 0 aliphatic rings. The Kier molecular flexibility index (Phi) is 7.00. The summed E-state index contributed by atoms with van der Waals surface area (Å²) in [6.07, 6.45) is 0. The van der Waals surface area contributed by atoms with Crippen LogP contribution in [-0.2, 0) is 10.0 Å². The summed E-state index contributed by atoms with van der Waals surface area (Å²) in [6, 6.07) is 11.2. The summed E-state index contributed by atoms with van der Waals surface area (Å²) in [5, 5.41) is 3.78. The van der Waals surface area contributed by atoms with Crippen molar-refractivity contribution in [1.29, 1.82) is 0 Å². The van der Waals surface area contributed by atoms with E-state index in [0.717, 1.165) is 16.1 Å². The number of hydrogen-bond donors (Lipinski definition) is 2. The van der Waals surface area contributed by atoms with Crippen LogP contribution >= 0.6 is 22.9 Å². The van der Waals surface area contributed by atoms with E-state index < -0.39 is 15.9 Å². The van der Waals surface area contributed by atoms with Crippen LogP contribution in [0.4, 0.5) is 5.13 Å². The molecular weight excluding hydrogens is 458 g/mol. The Bertz CT molecular complexity index is 1210. The number of sulfonamides is 1. The highest BCUT2D eigenvalue weighted by Gasteiger charge is 2.23. The van der Waals surface area contributed by atoms with Gasteiger partial charge >= 0.3 is 0 Å². The molecule has 31 heavy (non-hydrogen) atoms. The van der Waals surface area contributed by atoms with E-state index >= 15 is 0 Å². The number of aromatic nitrogens is 1. The zero-order valence-corrected chi connectivity index (χ0v) is 19.8. The van der Waals surface area contributed by atoms with Gasteiger partial charge in [0.05, 0.1) is 12.8 Å². The lowest BCUT2D eigenvalue weighted by Crippen LogP contribution is -2.30. The summed E-state index contributed by atoms with van der Waals surface area (Å²) in [7, 11) is -2.48. The Balaban J connectivity index is 1.88. The van der Waals surface area contributed by atoms with Gasteiger partial charge in [0.15, 0.2) is 5.13 Å². The summed E-state index contributed by atoms with van der Waals surface area (Å²) in [5.41, 5.74) is 1.80. The maximum atomic E-state index is 12.8. The fourth-order valence-corrected chi connectivity index (χ4v) is 5.30. The number of nitrogens with zero attached hydrogens (tertiary/aromatic N) is 1. The van der Waals surface area contributed by atoms with Crippen LogP contribution in [-0.4, -0.2) is 32.5 Å². The fraction of sp³-hybridized carbons (Fsp3) is 0.238. The van der Waals surface area contributed by atoms with Crippen LogP contribution in [0.2, 0.25) is 5.02 Å². The molecule has 10 heteroatoms. The third-order valence-corrected chi connectivity index (χ3v) is 7.06. The van der Waals surface area contributed by atoms with Crippen LogP contribution in [0.5, 0.6) is 5.75 Å². The maximum Gasteiger partial charge on any atom is 0.257 e. The minimum Gasteiger partial charge on any atom is -0.495 e. The third kappa shape index (κ3) is 5.43. The summed E-state index contributed by atoms with van der Waals surface area (Å²) in [4.78, 5) is 18.1. The number of halogens is 1. The van der Waals surface area contributed by atoms with Crippen molar-refractivity contribution in [2.45, 2.75) is 31.7 Å². The van der Waals surface area contributed by atoms with Crippen molar-refractivity contribution in [3.05, 3.63) is 57.9 Å². The van der Waals surface area contributed by atoms with Crippen LogP contribution in [0.1, 0.15) is 29.1 Å². The van der Waals surface area contributed by atoms with Crippen LogP contribution in [0, 0.1) is 6.92 Å². The average molecular weight is 480 g/mol. The van der Waals surface area contributed by atoms with E-state index in [1.54, 1.807) is 26.0 Å². The standard InChI is InChI=1S/C21H22ClN3O4S2/c1-12(2)25-31(27,28)18-11-15(7-10-17(18)29-4)20(26)24-21-23-19(13(3)30-21)14-5-8-16(22)9-6-14/h5-12,25H,1-4H3,(H,23,24,26). The molecular formula is C21H22ClN3O4S2. The molecule has 0 spiro atoms. The van der Waals surface area contributed by atoms with Gasteiger partial charge < -0.3 is 4.74 Å². The summed E-state index contributed by atoms with van der Waals surface area (Å²) in [5.74, 6) is -0.320. The summed E-state index contributed by atoms with van der Waals surface area (Å²) >= 11 is 7.27. The van der Waals surface area contributed by atoms with Gasteiger partial charge in [-0.1, -0.05) is 23.7 Å². The third-order valence-electron chi connectivity index (χ3n) is 4.24. The highest BCUT2D eigenvalue weighted by Crippen LogP contribution is 2.32. The zero-order chi connectivity index (χ0) is 22.8. The number of amides is 1. The van der Waals surface area contributed by atoms with Crippen molar-refractivity contribution in [1.82, 2.24) is 9.71 Å². The van der Waals surface area contributed by atoms with Crippen molar-refractivity contribution in [3.63, 3.8) is 0 Å². The lowest BCUT2D eigenvalue weighted by atomic mass is 10.1. The van der Waals surface area contributed by atoms with Gasteiger partial charge in [-0.15, -0.1) is 11.3 Å². The van der Waals surface area contributed by atoms with Crippen molar-refractivity contribution in [3.8, 4) is 17.0 Å². The molecule has 0 saturated carbocycles. The number of hydrogen-bond acceptors (Lipinski definition) is 6. The second kappa shape index (κ2) is 9.35. The molecule has 1 amide bonds. The molecule has 0 atom stereocenters. The van der Waals surface area contributed by atoms with Gasteiger partial charge in [-0.05, 0) is 51.1 Å². The first-order valence-electron chi connectivity index (χ1n) is 9.36. The fourth-order valence-electron chi connectivity index (χ4n) is 2.90. The van der Waals surface area contributed by atoms with E-state index in [-0.39, 0.29) is 22.3 Å². The van der Waals surface area contributed by atoms with Gasteiger partial charge in [0.25, 0.3) is 5.91 Å². The first-order chi connectivity index (χ1) is 14.6. The molecule has 2 N–H and O–H groups in total. The number of ether oxygens (including phenoxy) is 1. The van der Waals surface area contributed by atoms with E-state index in [9.17, 15) is 13.2 Å². The van der Waals surface area contributed by atoms with E-state index in [2.05, 4.69) is 15.0 Å². The maximum absolute atomic E-state index is 12.8. The van der Waals surface area contributed by atoms with Crippen molar-refractivity contribution in [2.24, 2.45) is 0 Å². The molecule has 7 nitrogen and oxygen atoms in total. The van der Waals surface area contributed by atoms with Crippen LogP contribution in [0.3, 0.4) is 0 Å². The molecule has 3 rings (SSSR count). The van der Waals surface area contributed by atoms with Crippen LogP contribution in [0.25, 0.3) is 11.3 Å². The first kappa shape index (κ1) is 23.2. The predicted molar refractivity (Wildman–Crippen MR) is 124 cm³/mol. The van der Waals surface area contributed by atoms with E-state index in [1.165, 1.54) is 36.6 Å². The minimum absolute atomic E-state index is 0.103. The molecule has 0 aliphatic carbocycles. The molecule has 3 aromatic rings. The molecule has 1 aromatic heterocycles. The molecule has 1 heterocycles. The second-order valence-corrected chi connectivity index (χ2v) is 10.3. The van der Waals surface area contributed by atoms with Crippen molar-refractivity contribution in [2.75, 3.05) is 12.4 Å². The lowest BCUT2D eigenvalue weighted by Gasteiger charge is -2.14. The number of benzene rings is 2. The van der Waals surface area contributed by atoms with Gasteiger partial charge in [0.2, 0.25) is 10.0 Å². The Labute approximate surface area is 190 Å². The number of nitrogens with one attached hydrogen (secondary N) is 2. The molecule has 0 unspecified atom stereocenters. The number of thiazole rings is 1. The average Bonchev–Trinajstić information content (AvgIpc) is 3.07. The number of rotatable bonds is 7. The minimum atomic E-state index is -3.85. The van der Waals surface area contributed by atoms with Gasteiger partial charge in [-0.25, -0.2) is 18.1 Å². The Hall–Kier alpha value is -2.46. The zero-order valence-electron chi connectivity index (χ0n) is 17.4. The molecule has 0 radical (unpaired) electrons. The summed E-state index contributed by atoms with van der Waals surface area (Å²) in [6.45, 7) is 5.33. The summed E-state index contributed by atoms with van der Waals surface area (Å²) < 4.78 is 33.0. The van der Waals surface area contributed by atoms with Gasteiger partial charge in [0, 0.05) is 27.1 Å². The largest absolute Gasteiger partial charge is 0.495 e. The Morgan fingerprint density at radius 1 is 1.16 bits per heavy atom. The Morgan fingerprint density at radius 3 is 2.45 bits per heavy atom. The highest BCUT2D eigenvalue weighted by atomic mass is 35.5. The predicted octanol–water partition coefficient (Wildman–Crippen LogP) is 4.72. The molecule has 0 bridgehead atoms. The van der Waals surface area contributed by atoms with Crippen molar-refractivity contribution >= 4 is 44.0 Å². The molecule has 0 fully saturated rings. The smallest absolute Gasteiger partial charge is 0.257 e. The monoisotopic (exact) mass is 479 g/mol. The number of carbonyl (C=O) groups excluding carboxylic acids is 1. The van der Waals surface area contributed by atoms with E-state index in [4.69, 9.17) is 16.3 Å². The van der Waals surface area contributed by atoms with Gasteiger partial charge in [-0.3, -0.25) is 10.1 Å².